The Labute approximate surface area is 160 Å². The minimum absolute atomic E-state index is 0.642. The van der Waals surface area contributed by atoms with E-state index < -0.39 is 0 Å². The molecule has 0 atom stereocenters. The topological polar surface area (TPSA) is 59.1 Å². The van der Waals surface area contributed by atoms with Crippen molar-refractivity contribution in [3.8, 4) is 17.0 Å². The molecular formula is C22H26N4O. The number of hydrogen-bond acceptors (Lipinski definition) is 5. The summed E-state index contributed by atoms with van der Waals surface area (Å²) in [6.45, 7) is 3.79. The van der Waals surface area contributed by atoms with Crippen LogP contribution in [0.3, 0.4) is 0 Å². The van der Waals surface area contributed by atoms with Crippen molar-refractivity contribution in [3.63, 3.8) is 0 Å². The summed E-state index contributed by atoms with van der Waals surface area (Å²) in [5.41, 5.74) is 3.24. The lowest BCUT2D eigenvalue weighted by atomic mass is 10.1. The zero-order valence-corrected chi connectivity index (χ0v) is 15.9. The fourth-order valence-corrected chi connectivity index (χ4v) is 2.74. The quantitative estimate of drug-likeness (QED) is 0.581. The van der Waals surface area contributed by atoms with E-state index in [-0.39, 0.29) is 0 Å². The summed E-state index contributed by atoms with van der Waals surface area (Å²) >= 11 is 0. The van der Waals surface area contributed by atoms with E-state index in [0.717, 1.165) is 48.8 Å². The van der Waals surface area contributed by atoms with Gasteiger partial charge in [-0.1, -0.05) is 49.4 Å². The molecule has 0 aliphatic rings. The predicted molar refractivity (Wildman–Crippen MR) is 111 cm³/mol. The van der Waals surface area contributed by atoms with Gasteiger partial charge in [0, 0.05) is 24.7 Å². The third kappa shape index (κ3) is 5.45. The molecule has 0 aliphatic carbocycles. The van der Waals surface area contributed by atoms with Gasteiger partial charge in [-0.15, -0.1) is 0 Å². The molecule has 0 bridgehead atoms. The van der Waals surface area contributed by atoms with Crippen molar-refractivity contribution >= 4 is 11.8 Å². The fraction of sp³-hybridized carbons (Fsp3) is 0.273. The molecule has 0 saturated carbocycles. The Balaban J connectivity index is 1.70. The number of anilines is 2. The second-order valence-electron chi connectivity index (χ2n) is 6.28. The number of aromatic nitrogens is 2. The highest BCUT2D eigenvalue weighted by Crippen LogP contribution is 2.21. The van der Waals surface area contributed by atoms with E-state index in [1.165, 1.54) is 5.56 Å². The second kappa shape index (κ2) is 9.57. The van der Waals surface area contributed by atoms with Gasteiger partial charge in [0.1, 0.15) is 11.6 Å². The molecule has 1 aromatic heterocycles. The summed E-state index contributed by atoms with van der Waals surface area (Å²) < 4.78 is 5.20. The normalized spacial score (nSPS) is 10.4. The summed E-state index contributed by atoms with van der Waals surface area (Å²) in [6.07, 6.45) is 1.94. The van der Waals surface area contributed by atoms with E-state index in [0.29, 0.717) is 5.95 Å². The number of hydrogen-bond donors (Lipinski definition) is 2. The number of ether oxygens (including phenoxy) is 1. The van der Waals surface area contributed by atoms with Crippen LogP contribution in [0.25, 0.3) is 11.3 Å². The van der Waals surface area contributed by atoms with Crippen LogP contribution < -0.4 is 15.4 Å². The number of benzene rings is 2. The highest BCUT2D eigenvalue weighted by atomic mass is 16.5. The van der Waals surface area contributed by atoms with E-state index in [9.17, 15) is 0 Å². The maximum atomic E-state index is 5.20. The summed E-state index contributed by atoms with van der Waals surface area (Å²) in [6, 6.07) is 20.3. The zero-order chi connectivity index (χ0) is 18.9. The van der Waals surface area contributed by atoms with E-state index in [2.05, 4.69) is 51.8 Å². The summed E-state index contributed by atoms with van der Waals surface area (Å²) in [4.78, 5) is 9.29. The number of nitrogens with zero attached hydrogens (tertiary/aromatic N) is 2. The van der Waals surface area contributed by atoms with Gasteiger partial charge in [0.15, 0.2) is 0 Å². The molecule has 0 unspecified atom stereocenters. The number of methoxy groups -OCH3 is 1. The standard InChI is InChI=1S/C22H26N4O/c1-3-14-23-21-16-20(18-7-5-4-6-8-18)25-22(26-21)24-15-13-17-9-11-19(27-2)12-10-17/h4-12,16H,3,13-15H2,1-2H3,(H2,23,24,25,26). The van der Waals surface area contributed by atoms with Gasteiger partial charge in [0.05, 0.1) is 12.8 Å². The molecule has 3 rings (SSSR count). The van der Waals surface area contributed by atoms with Gasteiger partial charge >= 0.3 is 0 Å². The molecule has 140 valence electrons. The smallest absolute Gasteiger partial charge is 0.225 e. The summed E-state index contributed by atoms with van der Waals surface area (Å²) in [7, 11) is 1.68. The lowest BCUT2D eigenvalue weighted by Crippen LogP contribution is -2.11. The van der Waals surface area contributed by atoms with Crippen LogP contribution in [0.4, 0.5) is 11.8 Å². The van der Waals surface area contributed by atoms with Crippen molar-refractivity contribution in [1.29, 1.82) is 0 Å². The van der Waals surface area contributed by atoms with Gasteiger partial charge in [0.2, 0.25) is 5.95 Å². The van der Waals surface area contributed by atoms with Gasteiger partial charge in [-0.3, -0.25) is 0 Å². The Morgan fingerprint density at radius 1 is 0.889 bits per heavy atom. The molecule has 0 aliphatic heterocycles. The molecular weight excluding hydrogens is 336 g/mol. The molecule has 2 aromatic carbocycles. The first kappa shape index (κ1) is 18.7. The Bertz CT molecular complexity index is 835. The van der Waals surface area contributed by atoms with Crippen molar-refractivity contribution in [2.75, 3.05) is 30.8 Å². The third-order valence-electron chi connectivity index (χ3n) is 4.21. The Morgan fingerprint density at radius 3 is 2.37 bits per heavy atom. The van der Waals surface area contributed by atoms with E-state index in [1.807, 2.05) is 36.4 Å². The van der Waals surface area contributed by atoms with Crippen LogP contribution in [0.1, 0.15) is 18.9 Å². The SMILES string of the molecule is CCCNc1cc(-c2ccccc2)nc(NCCc2ccc(OC)cc2)n1. The van der Waals surface area contributed by atoms with Crippen LogP contribution in [0, 0.1) is 0 Å². The average molecular weight is 362 g/mol. The first-order valence-electron chi connectivity index (χ1n) is 9.33. The van der Waals surface area contributed by atoms with Gasteiger partial charge in [-0.2, -0.15) is 4.98 Å². The van der Waals surface area contributed by atoms with E-state index in [1.54, 1.807) is 7.11 Å². The Morgan fingerprint density at radius 2 is 1.67 bits per heavy atom. The Hall–Kier alpha value is -3.08. The van der Waals surface area contributed by atoms with Crippen LogP contribution >= 0.6 is 0 Å². The monoisotopic (exact) mass is 362 g/mol. The van der Waals surface area contributed by atoms with Crippen molar-refractivity contribution in [2.24, 2.45) is 0 Å². The molecule has 1 heterocycles. The Kier molecular flexibility index (Phi) is 6.63. The third-order valence-corrected chi connectivity index (χ3v) is 4.21. The summed E-state index contributed by atoms with van der Waals surface area (Å²) in [5.74, 6) is 2.36. The molecule has 0 fully saturated rings. The minimum atomic E-state index is 0.642. The van der Waals surface area contributed by atoms with Crippen LogP contribution in [0.5, 0.6) is 5.75 Å². The van der Waals surface area contributed by atoms with Crippen molar-refractivity contribution < 1.29 is 4.74 Å². The van der Waals surface area contributed by atoms with Crippen molar-refractivity contribution in [1.82, 2.24) is 9.97 Å². The second-order valence-corrected chi connectivity index (χ2v) is 6.28. The number of nitrogens with one attached hydrogen (secondary N) is 2. The average Bonchev–Trinajstić information content (AvgIpc) is 2.73. The summed E-state index contributed by atoms with van der Waals surface area (Å²) in [5, 5.41) is 6.72. The molecule has 2 N–H and O–H groups in total. The van der Waals surface area contributed by atoms with E-state index >= 15 is 0 Å². The molecule has 0 spiro atoms. The van der Waals surface area contributed by atoms with Crippen molar-refractivity contribution in [2.45, 2.75) is 19.8 Å². The largest absolute Gasteiger partial charge is 0.497 e. The maximum absolute atomic E-state index is 5.20. The van der Waals surface area contributed by atoms with Crippen LogP contribution in [0.15, 0.2) is 60.7 Å². The van der Waals surface area contributed by atoms with Gasteiger partial charge < -0.3 is 15.4 Å². The molecule has 5 nitrogen and oxygen atoms in total. The van der Waals surface area contributed by atoms with Gasteiger partial charge in [0.25, 0.3) is 0 Å². The first-order valence-corrected chi connectivity index (χ1v) is 9.33. The zero-order valence-electron chi connectivity index (χ0n) is 15.9. The lowest BCUT2D eigenvalue weighted by molar-refractivity contribution is 0.414. The van der Waals surface area contributed by atoms with Gasteiger partial charge in [-0.05, 0) is 30.5 Å². The van der Waals surface area contributed by atoms with Crippen molar-refractivity contribution in [3.05, 3.63) is 66.2 Å². The minimum Gasteiger partial charge on any atom is -0.497 e. The number of rotatable bonds is 9. The van der Waals surface area contributed by atoms with Gasteiger partial charge in [-0.25, -0.2) is 4.98 Å². The molecule has 27 heavy (non-hydrogen) atoms. The first-order chi connectivity index (χ1) is 13.3. The maximum Gasteiger partial charge on any atom is 0.225 e. The molecule has 3 aromatic rings. The van der Waals surface area contributed by atoms with Crippen LogP contribution in [-0.2, 0) is 6.42 Å². The predicted octanol–water partition coefficient (Wildman–Crippen LogP) is 4.63. The lowest BCUT2D eigenvalue weighted by Gasteiger charge is -2.11. The molecule has 0 saturated heterocycles. The molecule has 5 heteroatoms. The van der Waals surface area contributed by atoms with Crippen LogP contribution in [-0.4, -0.2) is 30.2 Å². The highest BCUT2D eigenvalue weighted by Gasteiger charge is 2.06. The molecule has 0 amide bonds. The highest BCUT2D eigenvalue weighted by molar-refractivity contribution is 5.64. The van der Waals surface area contributed by atoms with Crippen LogP contribution in [0.2, 0.25) is 0 Å². The molecule has 0 radical (unpaired) electrons. The fourth-order valence-electron chi connectivity index (χ4n) is 2.74. The van der Waals surface area contributed by atoms with E-state index in [4.69, 9.17) is 4.74 Å².